The van der Waals surface area contributed by atoms with Gasteiger partial charge in [-0.3, -0.25) is 0 Å². The van der Waals surface area contributed by atoms with Crippen LogP contribution in [0.15, 0.2) is 29.3 Å². The van der Waals surface area contributed by atoms with Gasteiger partial charge < -0.3 is 15.2 Å². The zero-order chi connectivity index (χ0) is 12.7. The van der Waals surface area contributed by atoms with E-state index in [0.717, 1.165) is 28.0 Å². The highest BCUT2D eigenvalue weighted by atomic mass is 79.9. The summed E-state index contributed by atoms with van der Waals surface area (Å²) in [6, 6.07) is 5.85. The Morgan fingerprint density at radius 1 is 1.41 bits per heavy atom. The molecule has 0 bridgehead atoms. The van der Waals surface area contributed by atoms with E-state index in [0.29, 0.717) is 19.8 Å². The maximum atomic E-state index is 5.71. The van der Waals surface area contributed by atoms with Gasteiger partial charge in [0.05, 0.1) is 6.61 Å². The Labute approximate surface area is 111 Å². The van der Waals surface area contributed by atoms with E-state index >= 15 is 0 Å². The van der Waals surface area contributed by atoms with Gasteiger partial charge in [-0.25, -0.2) is 0 Å². The number of nitrogens with two attached hydrogens (primary N) is 1. The fraction of sp³-hybridized carbons (Fsp3) is 0.385. The van der Waals surface area contributed by atoms with Gasteiger partial charge in [-0.2, -0.15) is 0 Å². The lowest BCUT2D eigenvalue weighted by molar-refractivity contribution is 0.294. The Kier molecular flexibility index (Phi) is 6.08. The van der Waals surface area contributed by atoms with Crippen molar-refractivity contribution < 1.29 is 9.47 Å². The molecule has 1 aromatic carbocycles. The first kappa shape index (κ1) is 14.1. The number of hydrogen-bond donors (Lipinski definition) is 1. The second-order valence-corrected chi connectivity index (χ2v) is 4.64. The van der Waals surface area contributed by atoms with E-state index in [1.807, 2.05) is 25.1 Å². The summed E-state index contributed by atoms with van der Waals surface area (Å²) in [7, 11) is 0. The van der Waals surface area contributed by atoms with E-state index in [1.165, 1.54) is 0 Å². The summed E-state index contributed by atoms with van der Waals surface area (Å²) in [4.78, 5) is 0. The van der Waals surface area contributed by atoms with Crippen molar-refractivity contribution in [2.45, 2.75) is 13.3 Å². The van der Waals surface area contributed by atoms with Crippen LogP contribution in [0.4, 0.5) is 0 Å². The molecule has 0 saturated carbocycles. The van der Waals surface area contributed by atoms with Gasteiger partial charge in [-0.1, -0.05) is 34.6 Å². The van der Waals surface area contributed by atoms with Gasteiger partial charge in [0.1, 0.15) is 6.61 Å². The molecule has 4 heteroatoms. The van der Waals surface area contributed by atoms with Gasteiger partial charge in [0.2, 0.25) is 0 Å². The number of benzene rings is 1. The van der Waals surface area contributed by atoms with Crippen molar-refractivity contribution in [1.82, 2.24) is 0 Å². The first-order chi connectivity index (χ1) is 8.19. The first-order valence-electron chi connectivity index (χ1n) is 5.59. The Morgan fingerprint density at radius 3 is 2.76 bits per heavy atom. The molecule has 1 aromatic rings. The zero-order valence-electron chi connectivity index (χ0n) is 10.0. The minimum Gasteiger partial charge on any atom is -0.490 e. The molecule has 2 N–H and O–H groups in total. The van der Waals surface area contributed by atoms with Crippen molar-refractivity contribution >= 4 is 15.9 Å². The van der Waals surface area contributed by atoms with Crippen LogP contribution in [-0.2, 0) is 6.42 Å². The van der Waals surface area contributed by atoms with E-state index in [9.17, 15) is 0 Å². The summed E-state index contributed by atoms with van der Waals surface area (Å²) in [5.74, 6) is 1.52. The summed E-state index contributed by atoms with van der Waals surface area (Å²) >= 11 is 3.27. The highest BCUT2D eigenvalue weighted by Crippen LogP contribution is 2.32. The highest BCUT2D eigenvalue weighted by Gasteiger charge is 2.10. The molecule has 94 valence electrons. The molecule has 0 spiro atoms. The molecule has 0 aliphatic heterocycles. The van der Waals surface area contributed by atoms with Crippen molar-refractivity contribution in [3.05, 3.63) is 34.8 Å². The smallest absolute Gasteiger partial charge is 0.164 e. The summed E-state index contributed by atoms with van der Waals surface area (Å²) in [6.07, 6.45) is 0.769. The second kappa shape index (κ2) is 7.35. The van der Waals surface area contributed by atoms with Crippen LogP contribution in [0.25, 0.3) is 0 Å². The molecule has 3 nitrogen and oxygen atoms in total. The van der Waals surface area contributed by atoms with Gasteiger partial charge in [-0.15, -0.1) is 0 Å². The third-order valence-electron chi connectivity index (χ3n) is 2.15. The van der Waals surface area contributed by atoms with E-state index in [1.54, 1.807) is 0 Å². The molecule has 1 rings (SSSR count). The number of para-hydroxylation sites is 1. The minimum absolute atomic E-state index is 0.418. The zero-order valence-corrected chi connectivity index (χ0v) is 11.6. The maximum absolute atomic E-state index is 5.71. The maximum Gasteiger partial charge on any atom is 0.164 e. The largest absolute Gasteiger partial charge is 0.490 e. The fourth-order valence-corrected chi connectivity index (χ4v) is 1.61. The summed E-state index contributed by atoms with van der Waals surface area (Å²) in [5, 5.41) is 0. The van der Waals surface area contributed by atoms with Gasteiger partial charge in [0.25, 0.3) is 0 Å². The predicted octanol–water partition coefficient (Wildman–Crippen LogP) is 2.87. The summed E-state index contributed by atoms with van der Waals surface area (Å²) < 4.78 is 12.0. The third kappa shape index (κ3) is 4.40. The SMILES string of the molecule is C=C(Br)COc1c(CCN)cccc1OCC. The quantitative estimate of drug-likeness (QED) is 0.842. The standard InChI is InChI=1S/C13H18BrNO2/c1-3-16-12-6-4-5-11(7-8-15)13(12)17-9-10(2)14/h4-6H,2-3,7-9,15H2,1H3. The third-order valence-corrected chi connectivity index (χ3v) is 2.38. The van der Waals surface area contributed by atoms with Crippen molar-refractivity contribution in [3.8, 4) is 11.5 Å². The van der Waals surface area contributed by atoms with Crippen LogP contribution in [0.3, 0.4) is 0 Å². The molecule has 0 fully saturated rings. The molecule has 0 aliphatic carbocycles. The lowest BCUT2D eigenvalue weighted by Crippen LogP contribution is -2.07. The lowest BCUT2D eigenvalue weighted by atomic mass is 10.1. The van der Waals surface area contributed by atoms with Crippen LogP contribution >= 0.6 is 15.9 Å². The topological polar surface area (TPSA) is 44.5 Å². The number of halogens is 1. The normalized spacial score (nSPS) is 10.1. The summed E-state index contributed by atoms with van der Waals surface area (Å²) in [6.45, 7) is 7.31. The number of hydrogen-bond acceptors (Lipinski definition) is 3. The Bertz CT molecular complexity index is 355. The van der Waals surface area contributed by atoms with Gasteiger partial charge in [-0.05, 0) is 31.5 Å². The molecule has 0 saturated heterocycles. The van der Waals surface area contributed by atoms with Gasteiger partial charge in [0.15, 0.2) is 11.5 Å². The predicted molar refractivity (Wildman–Crippen MR) is 73.9 cm³/mol. The van der Waals surface area contributed by atoms with Gasteiger partial charge in [0, 0.05) is 4.48 Å². The van der Waals surface area contributed by atoms with E-state index in [-0.39, 0.29) is 0 Å². The van der Waals surface area contributed by atoms with Crippen LogP contribution in [0.1, 0.15) is 12.5 Å². The van der Waals surface area contributed by atoms with Crippen LogP contribution in [0.5, 0.6) is 11.5 Å². The van der Waals surface area contributed by atoms with Crippen molar-refractivity contribution in [2.24, 2.45) is 5.73 Å². The molecular weight excluding hydrogens is 282 g/mol. The van der Waals surface area contributed by atoms with Crippen molar-refractivity contribution in [2.75, 3.05) is 19.8 Å². The van der Waals surface area contributed by atoms with Gasteiger partial charge >= 0.3 is 0 Å². The minimum atomic E-state index is 0.418. The van der Waals surface area contributed by atoms with E-state index < -0.39 is 0 Å². The van der Waals surface area contributed by atoms with Crippen LogP contribution in [-0.4, -0.2) is 19.8 Å². The molecule has 0 heterocycles. The van der Waals surface area contributed by atoms with Crippen LogP contribution in [0, 0.1) is 0 Å². The Hall–Kier alpha value is -1.00. The van der Waals surface area contributed by atoms with Crippen molar-refractivity contribution in [1.29, 1.82) is 0 Å². The molecule has 0 atom stereocenters. The molecule has 17 heavy (non-hydrogen) atoms. The molecule has 0 amide bonds. The average molecular weight is 300 g/mol. The average Bonchev–Trinajstić information content (AvgIpc) is 2.29. The first-order valence-corrected chi connectivity index (χ1v) is 6.39. The Balaban J connectivity index is 2.95. The number of ether oxygens (including phenoxy) is 2. The molecular formula is C13H18BrNO2. The van der Waals surface area contributed by atoms with E-state index in [4.69, 9.17) is 15.2 Å². The molecule has 0 unspecified atom stereocenters. The molecule has 0 aromatic heterocycles. The Morgan fingerprint density at radius 2 is 2.18 bits per heavy atom. The second-order valence-electron chi connectivity index (χ2n) is 3.52. The highest BCUT2D eigenvalue weighted by molar-refractivity contribution is 9.11. The van der Waals surface area contributed by atoms with Crippen molar-refractivity contribution in [3.63, 3.8) is 0 Å². The van der Waals surface area contributed by atoms with E-state index in [2.05, 4.69) is 22.5 Å². The lowest BCUT2D eigenvalue weighted by Gasteiger charge is -2.15. The molecule has 0 aliphatic rings. The molecule has 0 radical (unpaired) electrons. The summed E-state index contributed by atoms with van der Waals surface area (Å²) in [5.41, 5.74) is 6.65. The van der Waals surface area contributed by atoms with Crippen LogP contribution in [0.2, 0.25) is 0 Å². The fourth-order valence-electron chi connectivity index (χ4n) is 1.50. The number of rotatable bonds is 7. The monoisotopic (exact) mass is 299 g/mol. The van der Waals surface area contributed by atoms with Crippen LogP contribution < -0.4 is 15.2 Å².